The van der Waals surface area contributed by atoms with Crippen LogP contribution >= 0.6 is 0 Å². The lowest BCUT2D eigenvalue weighted by molar-refractivity contribution is -0.141. The molecule has 0 unspecified atom stereocenters. The monoisotopic (exact) mass is 272 g/mol. The highest BCUT2D eigenvalue weighted by molar-refractivity contribution is 5.53. The SMILES string of the molecule is CNc1nc(Nc2ccn(C)n2)cc(C(F)(F)F)n1. The zero-order chi connectivity index (χ0) is 14.0. The van der Waals surface area contributed by atoms with Gasteiger partial charge in [0.15, 0.2) is 11.5 Å². The average Bonchev–Trinajstić information content (AvgIpc) is 2.73. The molecule has 0 saturated carbocycles. The number of halogens is 3. The van der Waals surface area contributed by atoms with Crippen LogP contribution in [-0.4, -0.2) is 26.8 Å². The van der Waals surface area contributed by atoms with Crippen molar-refractivity contribution in [2.75, 3.05) is 17.7 Å². The van der Waals surface area contributed by atoms with E-state index in [1.54, 1.807) is 19.3 Å². The number of anilines is 3. The molecule has 2 aromatic rings. The predicted molar refractivity (Wildman–Crippen MR) is 63.1 cm³/mol. The molecule has 2 heterocycles. The first-order valence-electron chi connectivity index (χ1n) is 5.29. The second-order valence-corrected chi connectivity index (χ2v) is 3.71. The fraction of sp³-hybridized carbons (Fsp3) is 0.300. The maximum absolute atomic E-state index is 12.7. The molecule has 0 aliphatic rings. The van der Waals surface area contributed by atoms with Gasteiger partial charge < -0.3 is 10.6 Å². The van der Waals surface area contributed by atoms with Crippen molar-refractivity contribution in [1.29, 1.82) is 0 Å². The topological polar surface area (TPSA) is 67.7 Å². The van der Waals surface area contributed by atoms with Crippen molar-refractivity contribution in [3.05, 3.63) is 24.0 Å². The van der Waals surface area contributed by atoms with E-state index in [4.69, 9.17) is 0 Å². The molecular formula is C10H11F3N6. The van der Waals surface area contributed by atoms with Gasteiger partial charge >= 0.3 is 6.18 Å². The molecule has 0 spiro atoms. The number of nitrogens with one attached hydrogen (secondary N) is 2. The summed E-state index contributed by atoms with van der Waals surface area (Å²) in [5.41, 5.74) is -1.02. The standard InChI is InChI=1S/C10H11F3N6/c1-14-9-15-6(10(11,12)13)5-8(17-9)16-7-3-4-19(2)18-7/h3-5H,1-2H3,(H2,14,15,16,17,18). The molecule has 0 saturated heterocycles. The fourth-order valence-corrected chi connectivity index (χ4v) is 1.38. The van der Waals surface area contributed by atoms with Gasteiger partial charge in [-0.15, -0.1) is 0 Å². The molecule has 0 aliphatic carbocycles. The van der Waals surface area contributed by atoms with Crippen molar-refractivity contribution in [2.24, 2.45) is 7.05 Å². The Labute approximate surface area is 106 Å². The number of aryl methyl sites for hydroxylation is 1. The van der Waals surface area contributed by atoms with Crippen molar-refractivity contribution in [1.82, 2.24) is 19.7 Å². The summed E-state index contributed by atoms with van der Waals surface area (Å²) in [4.78, 5) is 7.24. The number of hydrogen-bond acceptors (Lipinski definition) is 5. The van der Waals surface area contributed by atoms with Gasteiger partial charge in [-0.1, -0.05) is 0 Å². The van der Waals surface area contributed by atoms with Crippen LogP contribution in [0.15, 0.2) is 18.3 Å². The molecule has 6 nitrogen and oxygen atoms in total. The van der Waals surface area contributed by atoms with E-state index >= 15 is 0 Å². The minimum absolute atomic E-state index is 0.0189. The quantitative estimate of drug-likeness (QED) is 0.894. The van der Waals surface area contributed by atoms with Gasteiger partial charge in [-0.3, -0.25) is 4.68 Å². The smallest absolute Gasteiger partial charge is 0.357 e. The number of nitrogens with zero attached hydrogens (tertiary/aromatic N) is 4. The summed E-state index contributed by atoms with van der Waals surface area (Å²) in [5, 5.41) is 9.17. The summed E-state index contributed by atoms with van der Waals surface area (Å²) >= 11 is 0. The summed E-state index contributed by atoms with van der Waals surface area (Å²) < 4.78 is 39.5. The molecule has 0 bridgehead atoms. The lowest BCUT2D eigenvalue weighted by Crippen LogP contribution is -2.12. The summed E-state index contributed by atoms with van der Waals surface area (Å²) in [5.74, 6) is 0.301. The van der Waals surface area contributed by atoms with Crippen LogP contribution in [0, 0.1) is 0 Å². The van der Waals surface area contributed by atoms with Gasteiger partial charge in [-0.25, -0.2) is 4.98 Å². The molecule has 19 heavy (non-hydrogen) atoms. The summed E-state index contributed by atoms with van der Waals surface area (Å²) in [7, 11) is 3.14. The maximum atomic E-state index is 12.7. The summed E-state index contributed by atoms with van der Waals surface area (Å²) in [6.07, 6.45) is -2.87. The Morgan fingerprint density at radius 2 is 1.95 bits per heavy atom. The molecule has 0 fully saturated rings. The van der Waals surface area contributed by atoms with Crippen molar-refractivity contribution < 1.29 is 13.2 Å². The third kappa shape index (κ3) is 3.12. The Morgan fingerprint density at radius 3 is 2.47 bits per heavy atom. The Bertz CT molecular complexity index is 577. The normalized spacial score (nSPS) is 11.4. The van der Waals surface area contributed by atoms with E-state index in [9.17, 15) is 13.2 Å². The van der Waals surface area contributed by atoms with Crippen LogP contribution in [0.3, 0.4) is 0 Å². The molecule has 9 heteroatoms. The van der Waals surface area contributed by atoms with E-state index in [0.717, 1.165) is 6.07 Å². The van der Waals surface area contributed by atoms with Crippen LogP contribution < -0.4 is 10.6 Å². The van der Waals surface area contributed by atoms with Crippen LogP contribution in [0.1, 0.15) is 5.69 Å². The van der Waals surface area contributed by atoms with E-state index in [2.05, 4.69) is 25.7 Å². The Kier molecular flexibility index (Phi) is 3.28. The van der Waals surface area contributed by atoms with E-state index in [0.29, 0.717) is 5.82 Å². The van der Waals surface area contributed by atoms with Gasteiger partial charge in [0.25, 0.3) is 0 Å². The molecule has 0 aromatic carbocycles. The van der Waals surface area contributed by atoms with Gasteiger partial charge in [0, 0.05) is 32.4 Å². The molecule has 0 radical (unpaired) electrons. The third-order valence-electron chi connectivity index (χ3n) is 2.21. The van der Waals surface area contributed by atoms with E-state index in [-0.39, 0.29) is 11.8 Å². The molecule has 0 aliphatic heterocycles. The highest BCUT2D eigenvalue weighted by Crippen LogP contribution is 2.30. The fourth-order valence-electron chi connectivity index (χ4n) is 1.38. The van der Waals surface area contributed by atoms with Crippen molar-refractivity contribution in [2.45, 2.75) is 6.18 Å². The van der Waals surface area contributed by atoms with E-state index in [1.807, 2.05) is 0 Å². The largest absolute Gasteiger partial charge is 0.433 e. The molecule has 2 aromatic heterocycles. The molecule has 102 valence electrons. The Hall–Kier alpha value is -2.32. The predicted octanol–water partition coefficient (Wildman–Crippen LogP) is 2.01. The highest BCUT2D eigenvalue weighted by atomic mass is 19.4. The van der Waals surface area contributed by atoms with Crippen molar-refractivity contribution in [3.8, 4) is 0 Å². The molecular weight excluding hydrogens is 261 g/mol. The van der Waals surface area contributed by atoms with Crippen LogP contribution in [0.2, 0.25) is 0 Å². The minimum atomic E-state index is -4.53. The second-order valence-electron chi connectivity index (χ2n) is 3.71. The van der Waals surface area contributed by atoms with Crippen LogP contribution in [0.4, 0.5) is 30.8 Å². The van der Waals surface area contributed by atoms with Crippen LogP contribution in [0.5, 0.6) is 0 Å². The first kappa shape index (κ1) is 13.1. The van der Waals surface area contributed by atoms with Crippen LogP contribution in [0.25, 0.3) is 0 Å². The number of rotatable bonds is 3. The Morgan fingerprint density at radius 1 is 1.21 bits per heavy atom. The van der Waals surface area contributed by atoms with Crippen molar-refractivity contribution in [3.63, 3.8) is 0 Å². The molecule has 2 rings (SSSR count). The van der Waals surface area contributed by atoms with Gasteiger partial charge in [-0.2, -0.15) is 23.3 Å². The second kappa shape index (κ2) is 4.75. The first-order chi connectivity index (χ1) is 8.88. The lowest BCUT2D eigenvalue weighted by atomic mass is 10.3. The van der Waals surface area contributed by atoms with Crippen LogP contribution in [-0.2, 0) is 13.2 Å². The number of aromatic nitrogens is 4. The lowest BCUT2D eigenvalue weighted by Gasteiger charge is -2.10. The van der Waals surface area contributed by atoms with Crippen molar-refractivity contribution >= 4 is 17.6 Å². The van der Waals surface area contributed by atoms with Gasteiger partial charge in [0.2, 0.25) is 5.95 Å². The number of alkyl halides is 3. The zero-order valence-corrected chi connectivity index (χ0v) is 10.2. The zero-order valence-electron chi connectivity index (χ0n) is 10.2. The van der Waals surface area contributed by atoms with Gasteiger partial charge in [-0.05, 0) is 0 Å². The summed E-state index contributed by atoms with van der Waals surface area (Å²) in [6.45, 7) is 0. The minimum Gasteiger partial charge on any atom is -0.357 e. The molecule has 0 amide bonds. The number of hydrogen-bond donors (Lipinski definition) is 2. The van der Waals surface area contributed by atoms with E-state index in [1.165, 1.54) is 11.7 Å². The summed E-state index contributed by atoms with van der Waals surface area (Å²) in [6, 6.07) is 2.45. The highest BCUT2D eigenvalue weighted by Gasteiger charge is 2.33. The first-order valence-corrected chi connectivity index (χ1v) is 5.29. The third-order valence-corrected chi connectivity index (χ3v) is 2.21. The van der Waals surface area contributed by atoms with E-state index < -0.39 is 11.9 Å². The van der Waals surface area contributed by atoms with Gasteiger partial charge in [0.05, 0.1) is 0 Å². The molecule has 2 N–H and O–H groups in total. The Balaban J connectivity index is 2.34. The average molecular weight is 272 g/mol. The maximum Gasteiger partial charge on any atom is 0.433 e. The molecule has 0 atom stereocenters. The van der Waals surface area contributed by atoms with Gasteiger partial charge in [0.1, 0.15) is 5.82 Å².